The monoisotopic (exact) mass is 365 g/mol. The molecule has 2 aromatic carbocycles. The van der Waals surface area contributed by atoms with Crippen LogP contribution in [0.5, 0.6) is 5.75 Å². The zero-order valence-electron chi connectivity index (χ0n) is 14.4. The van der Waals surface area contributed by atoms with Crippen molar-refractivity contribution >= 4 is 17.7 Å². The smallest absolute Gasteiger partial charge is 0.272 e. The maximum absolute atomic E-state index is 12.7. The van der Waals surface area contributed by atoms with E-state index in [0.717, 1.165) is 23.6 Å². The van der Waals surface area contributed by atoms with Crippen molar-refractivity contribution in [1.82, 2.24) is 15.1 Å². The van der Waals surface area contributed by atoms with Crippen molar-refractivity contribution in [2.24, 2.45) is 0 Å². The second kappa shape index (κ2) is 7.25. The fourth-order valence-corrected chi connectivity index (χ4v) is 4.17. The van der Waals surface area contributed by atoms with Crippen LogP contribution in [-0.4, -0.2) is 28.6 Å². The van der Waals surface area contributed by atoms with Crippen molar-refractivity contribution in [3.05, 3.63) is 72.1 Å². The Kier molecular flexibility index (Phi) is 4.67. The van der Waals surface area contributed by atoms with Gasteiger partial charge in [0.05, 0.1) is 18.8 Å². The number of rotatable bonds is 4. The number of ether oxygens (including phenoxy) is 1. The van der Waals surface area contributed by atoms with E-state index in [1.165, 1.54) is 10.5 Å². The van der Waals surface area contributed by atoms with E-state index in [-0.39, 0.29) is 11.9 Å². The van der Waals surface area contributed by atoms with Gasteiger partial charge in [-0.05, 0) is 48.4 Å². The molecule has 6 heteroatoms. The van der Waals surface area contributed by atoms with Gasteiger partial charge in [0.1, 0.15) is 5.75 Å². The van der Waals surface area contributed by atoms with Crippen LogP contribution in [0, 0.1) is 0 Å². The molecule has 1 aliphatic rings. The molecule has 0 radical (unpaired) electrons. The SMILES string of the molecule is COc1ccc(-n2ccc(C(=O)NC3CCSc4ccccc43)n2)cc1. The minimum Gasteiger partial charge on any atom is -0.497 e. The molecular weight excluding hydrogens is 346 g/mol. The van der Waals surface area contributed by atoms with Crippen LogP contribution in [0.3, 0.4) is 0 Å². The molecule has 2 heterocycles. The first-order chi connectivity index (χ1) is 12.7. The quantitative estimate of drug-likeness (QED) is 0.763. The van der Waals surface area contributed by atoms with Crippen molar-refractivity contribution in [1.29, 1.82) is 0 Å². The van der Waals surface area contributed by atoms with Gasteiger partial charge in [0.25, 0.3) is 5.91 Å². The fraction of sp³-hybridized carbons (Fsp3) is 0.200. The van der Waals surface area contributed by atoms with Gasteiger partial charge < -0.3 is 10.1 Å². The molecule has 1 unspecified atom stereocenters. The Morgan fingerprint density at radius 1 is 1.19 bits per heavy atom. The van der Waals surface area contributed by atoms with Crippen LogP contribution in [0.4, 0.5) is 0 Å². The minimum absolute atomic E-state index is 0.0334. The van der Waals surface area contributed by atoms with Crippen molar-refractivity contribution in [2.75, 3.05) is 12.9 Å². The highest BCUT2D eigenvalue weighted by atomic mass is 32.2. The van der Waals surface area contributed by atoms with Gasteiger partial charge in [-0.1, -0.05) is 18.2 Å². The normalized spacial score (nSPS) is 16.0. The Labute approximate surface area is 156 Å². The second-order valence-corrected chi connectivity index (χ2v) is 7.18. The minimum atomic E-state index is -0.149. The molecule has 0 aliphatic carbocycles. The molecule has 1 aromatic heterocycles. The predicted octanol–water partition coefficient (Wildman–Crippen LogP) is 3.85. The average molecular weight is 365 g/mol. The summed E-state index contributed by atoms with van der Waals surface area (Å²) in [5, 5.41) is 7.54. The summed E-state index contributed by atoms with van der Waals surface area (Å²) in [4.78, 5) is 13.9. The number of benzene rings is 2. The number of hydrogen-bond acceptors (Lipinski definition) is 4. The van der Waals surface area contributed by atoms with Gasteiger partial charge in [0, 0.05) is 16.8 Å². The number of thioether (sulfide) groups is 1. The van der Waals surface area contributed by atoms with Gasteiger partial charge in [-0.2, -0.15) is 5.10 Å². The summed E-state index contributed by atoms with van der Waals surface area (Å²) in [6.45, 7) is 0. The van der Waals surface area contributed by atoms with Gasteiger partial charge in [-0.25, -0.2) is 4.68 Å². The van der Waals surface area contributed by atoms with Crippen LogP contribution in [0.2, 0.25) is 0 Å². The molecule has 0 fully saturated rings. The molecule has 132 valence electrons. The summed E-state index contributed by atoms with van der Waals surface area (Å²) in [6.07, 6.45) is 2.72. The van der Waals surface area contributed by atoms with Crippen LogP contribution < -0.4 is 10.1 Å². The summed E-state index contributed by atoms with van der Waals surface area (Å²) in [5.41, 5.74) is 2.48. The molecule has 1 N–H and O–H groups in total. The molecule has 1 aliphatic heterocycles. The molecular formula is C20H19N3O2S. The van der Waals surface area contributed by atoms with E-state index in [9.17, 15) is 4.79 Å². The number of aromatic nitrogens is 2. The lowest BCUT2D eigenvalue weighted by Gasteiger charge is -2.25. The number of fused-ring (bicyclic) bond motifs is 1. The number of hydrogen-bond donors (Lipinski definition) is 1. The Hall–Kier alpha value is -2.73. The largest absolute Gasteiger partial charge is 0.497 e. The summed E-state index contributed by atoms with van der Waals surface area (Å²) in [7, 11) is 1.63. The standard InChI is InChI=1S/C20H19N3O2S/c1-25-15-8-6-14(7-9-15)23-12-10-18(22-23)20(24)21-17-11-13-26-19-5-3-2-4-16(17)19/h2-10,12,17H,11,13H2,1H3,(H,21,24). The van der Waals surface area contributed by atoms with Crippen molar-refractivity contribution < 1.29 is 9.53 Å². The summed E-state index contributed by atoms with van der Waals surface area (Å²) < 4.78 is 6.86. The van der Waals surface area contributed by atoms with Crippen molar-refractivity contribution in [3.63, 3.8) is 0 Å². The van der Waals surface area contributed by atoms with Gasteiger partial charge >= 0.3 is 0 Å². The van der Waals surface area contributed by atoms with Crippen LogP contribution in [0.25, 0.3) is 5.69 Å². The highest BCUT2D eigenvalue weighted by molar-refractivity contribution is 7.99. The number of nitrogens with one attached hydrogen (secondary N) is 1. The number of nitrogens with zero attached hydrogens (tertiary/aromatic N) is 2. The van der Waals surface area contributed by atoms with Crippen LogP contribution >= 0.6 is 11.8 Å². The lowest BCUT2D eigenvalue weighted by Crippen LogP contribution is -2.31. The summed E-state index contributed by atoms with van der Waals surface area (Å²) >= 11 is 1.84. The van der Waals surface area contributed by atoms with Gasteiger partial charge in [0.15, 0.2) is 5.69 Å². The third-order valence-corrected chi connectivity index (χ3v) is 5.55. The van der Waals surface area contributed by atoms with Crippen molar-refractivity contribution in [2.45, 2.75) is 17.4 Å². The Bertz CT molecular complexity index is 921. The lowest BCUT2D eigenvalue weighted by molar-refractivity contribution is 0.0929. The van der Waals surface area contributed by atoms with E-state index in [0.29, 0.717) is 5.69 Å². The highest BCUT2D eigenvalue weighted by Crippen LogP contribution is 2.35. The predicted molar refractivity (Wildman–Crippen MR) is 102 cm³/mol. The van der Waals surface area contributed by atoms with Gasteiger partial charge in [0.2, 0.25) is 0 Å². The molecule has 3 aromatic rings. The molecule has 1 atom stereocenters. The molecule has 0 saturated heterocycles. The molecule has 0 spiro atoms. The van der Waals surface area contributed by atoms with Crippen molar-refractivity contribution in [3.8, 4) is 11.4 Å². The first-order valence-electron chi connectivity index (χ1n) is 8.47. The summed E-state index contributed by atoms with van der Waals surface area (Å²) in [5.74, 6) is 1.64. The Morgan fingerprint density at radius 3 is 2.81 bits per heavy atom. The van der Waals surface area contributed by atoms with E-state index in [1.54, 1.807) is 24.1 Å². The van der Waals surface area contributed by atoms with E-state index < -0.39 is 0 Å². The Balaban J connectivity index is 1.50. The van der Waals surface area contributed by atoms with Crippen LogP contribution in [0.1, 0.15) is 28.5 Å². The second-order valence-electron chi connectivity index (χ2n) is 6.04. The molecule has 0 bridgehead atoms. The van der Waals surface area contributed by atoms with E-state index in [2.05, 4.69) is 22.5 Å². The number of amides is 1. The molecule has 4 rings (SSSR count). The third kappa shape index (κ3) is 3.32. The van der Waals surface area contributed by atoms with E-state index in [1.807, 2.05) is 48.2 Å². The number of carbonyl (C=O) groups excluding carboxylic acids is 1. The molecule has 26 heavy (non-hydrogen) atoms. The zero-order chi connectivity index (χ0) is 17.9. The number of methoxy groups -OCH3 is 1. The average Bonchev–Trinajstić information content (AvgIpc) is 3.19. The highest BCUT2D eigenvalue weighted by Gasteiger charge is 2.23. The lowest BCUT2D eigenvalue weighted by atomic mass is 10.0. The first kappa shape index (κ1) is 16.7. The molecule has 0 saturated carbocycles. The molecule has 1 amide bonds. The van der Waals surface area contributed by atoms with E-state index >= 15 is 0 Å². The van der Waals surface area contributed by atoms with E-state index in [4.69, 9.17) is 4.74 Å². The Morgan fingerprint density at radius 2 is 2.00 bits per heavy atom. The first-order valence-corrected chi connectivity index (χ1v) is 9.46. The number of carbonyl (C=O) groups is 1. The van der Waals surface area contributed by atoms with Crippen LogP contribution in [-0.2, 0) is 0 Å². The van der Waals surface area contributed by atoms with Crippen LogP contribution in [0.15, 0.2) is 65.7 Å². The maximum atomic E-state index is 12.7. The topological polar surface area (TPSA) is 56.1 Å². The zero-order valence-corrected chi connectivity index (χ0v) is 15.2. The molecule has 5 nitrogen and oxygen atoms in total. The fourth-order valence-electron chi connectivity index (χ4n) is 3.05. The van der Waals surface area contributed by atoms with Gasteiger partial charge in [-0.3, -0.25) is 4.79 Å². The van der Waals surface area contributed by atoms with Gasteiger partial charge in [-0.15, -0.1) is 11.8 Å². The summed E-state index contributed by atoms with van der Waals surface area (Å²) in [6, 6.07) is 17.6. The maximum Gasteiger partial charge on any atom is 0.272 e. The third-order valence-electron chi connectivity index (χ3n) is 4.42.